The number of nitrogens with two attached hydrogens (primary N) is 1. The van der Waals surface area contributed by atoms with Crippen LogP contribution in [0.2, 0.25) is 0 Å². The third kappa shape index (κ3) is 4.09. The minimum Gasteiger partial charge on any atom is -0.480 e. The van der Waals surface area contributed by atoms with E-state index in [0.29, 0.717) is 21.9 Å². The number of carbonyl (C=O) groups is 2. The molecule has 7 nitrogen and oxygen atoms in total. The van der Waals surface area contributed by atoms with Crippen LogP contribution in [0.4, 0.5) is 10.2 Å². The summed E-state index contributed by atoms with van der Waals surface area (Å²) in [5.74, 6) is -1.18. The zero-order chi connectivity index (χ0) is 20.4. The molecular weight excluding hydrogens is 383 g/mol. The monoisotopic (exact) mass is 402 g/mol. The molecule has 28 heavy (non-hydrogen) atoms. The molecule has 1 amide bonds. The molecule has 3 aromatic rings. The van der Waals surface area contributed by atoms with Crippen molar-refractivity contribution in [3.63, 3.8) is 0 Å². The van der Waals surface area contributed by atoms with Gasteiger partial charge in [-0.05, 0) is 38.0 Å². The van der Waals surface area contributed by atoms with E-state index in [0.717, 1.165) is 16.0 Å². The zero-order valence-electron chi connectivity index (χ0n) is 15.3. The number of carboxylic acids is 1. The van der Waals surface area contributed by atoms with Crippen molar-refractivity contribution in [2.75, 3.05) is 5.32 Å². The van der Waals surface area contributed by atoms with Crippen LogP contribution >= 0.6 is 11.3 Å². The summed E-state index contributed by atoms with van der Waals surface area (Å²) < 4.78 is 13.3. The van der Waals surface area contributed by atoms with Crippen molar-refractivity contribution >= 4 is 39.2 Å². The summed E-state index contributed by atoms with van der Waals surface area (Å²) in [5.41, 5.74) is 6.75. The van der Waals surface area contributed by atoms with Gasteiger partial charge in [0.1, 0.15) is 28.3 Å². The van der Waals surface area contributed by atoms with E-state index in [4.69, 9.17) is 5.73 Å². The first-order valence-corrected chi connectivity index (χ1v) is 9.39. The average Bonchev–Trinajstić information content (AvgIpc) is 2.94. The molecule has 2 heterocycles. The maximum atomic E-state index is 13.3. The highest BCUT2D eigenvalue weighted by Gasteiger charge is 2.23. The number of benzene rings is 1. The SMILES string of the molecule is Cc1nc(NC(CCC(N)=O)C(=O)O)c2c(-c3ccc(F)cc3)c(C)sc2n1. The number of hydrogen-bond donors (Lipinski definition) is 3. The van der Waals surface area contributed by atoms with Crippen molar-refractivity contribution in [3.8, 4) is 11.1 Å². The Bertz CT molecular complexity index is 1050. The van der Waals surface area contributed by atoms with Gasteiger partial charge in [0, 0.05) is 16.9 Å². The molecule has 1 aromatic carbocycles. The molecule has 0 saturated carbocycles. The van der Waals surface area contributed by atoms with E-state index < -0.39 is 17.9 Å². The Labute approximate surface area is 164 Å². The molecular formula is C19H19FN4O3S. The number of carboxylic acid groups (broad SMARTS) is 1. The summed E-state index contributed by atoms with van der Waals surface area (Å²) in [7, 11) is 0. The number of halogens is 1. The Morgan fingerprint density at radius 2 is 1.93 bits per heavy atom. The molecule has 0 radical (unpaired) electrons. The number of hydrogen-bond acceptors (Lipinski definition) is 6. The molecule has 3 rings (SSSR count). The minimum atomic E-state index is -1.11. The van der Waals surface area contributed by atoms with Crippen LogP contribution in [0, 0.1) is 19.7 Å². The number of rotatable bonds is 7. The molecule has 0 bridgehead atoms. The standard InChI is InChI=1S/C19H19FN4O3S/c1-9-15(11-3-5-12(20)6-4-11)16-17(22-10(2)23-18(16)28-9)24-13(19(26)27)7-8-14(21)25/h3-6,13H,7-8H2,1-2H3,(H2,21,25)(H,26,27)(H,22,23,24). The highest BCUT2D eigenvalue weighted by atomic mass is 32.1. The number of carbonyl (C=O) groups excluding carboxylic acids is 1. The normalized spacial score (nSPS) is 12.1. The van der Waals surface area contributed by atoms with Crippen LogP contribution in [0.3, 0.4) is 0 Å². The maximum absolute atomic E-state index is 13.3. The van der Waals surface area contributed by atoms with E-state index in [1.165, 1.54) is 23.5 Å². The van der Waals surface area contributed by atoms with Crippen molar-refractivity contribution in [1.29, 1.82) is 0 Å². The Balaban J connectivity index is 2.12. The lowest BCUT2D eigenvalue weighted by molar-refractivity contribution is -0.138. The number of anilines is 1. The van der Waals surface area contributed by atoms with Crippen molar-refractivity contribution in [2.45, 2.75) is 32.7 Å². The number of primary amides is 1. The van der Waals surface area contributed by atoms with Gasteiger partial charge in [-0.25, -0.2) is 19.2 Å². The largest absolute Gasteiger partial charge is 0.480 e. The number of aliphatic carboxylic acids is 1. The fraction of sp³-hybridized carbons (Fsp3) is 0.263. The van der Waals surface area contributed by atoms with Gasteiger partial charge in [-0.2, -0.15) is 0 Å². The second kappa shape index (κ2) is 7.89. The van der Waals surface area contributed by atoms with Gasteiger partial charge in [0.25, 0.3) is 0 Å². The van der Waals surface area contributed by atoms with Gasteiger partial charge in [-0.1, -0.05) is 12.1 Å². The fourth-order valence-corrected chi connectivity index (χ4v) is 4.09. The number of aromatic nitrogens is 2. The van der Waals surface area contributed by atoms with Gasteiger partial charge in [0.2, 0.25) is 5.91 Å². The van der Waals surface area contributed by atoms with Crippen LogP contribution in [0.1, 0.15) is 23.5 Å². The first-order chi connectivity index (χ1) is 13.3. The number of aryl methyl sites for hydroxylation is 2. The Morgan fingerprint density at radius 1 is 1.25 bits per heavy atom. The number of amides is 1. The molecule has 0 aliphatic heterocycles. The van der Waals surface area contributed by atoms with E-state index in [-0.39, 0.29) is 18.7 Å². The van der Waals surface area contributed by atoms with E-state index in [9.17, 15) is 19.1 Å². The molecule has 2 aromatic heterocycles. The van der Waals surface area contributed by atoms with Gasteiger partial charge >= 0.3 is 5.97 Å². The summed E-state index contributed by atoms with van der Waals surface area (Å²) in [6.45, 7) is 3.64. The second-order valence-electron chi connectivity index (χ2n) is 6.38. The van der Waals surface area contributed by atoms with Crippen LogP contribution in [-0.4, -0.2) is 33.0 Å². The topological polar surface area (TPSA) is 118 Å². The van der Waals surface area contributed by atoms with Gasteiger partial charge in [-0.3, -0.25) is 4.79 Å². The van der Waals surface area contributed by atoms with Crippen molar-refractivity contribution in [1.82, 2.24) is 9.97 Å². The lowest BCUT2D eigenvalue weighted by Gasteiger charge is -2.16. The molecule has 0 aliphatic carbocycles. The van der Waals surface area contributed by atoms with E-state index >= 15 is 0 Å². The van der Waals surface area contributed by atoms with E-state index in [1.54, 1.807) is 19.1 Å². The predicted octanol–water partition coefficient (Wildman–Crippen LogP) is 3.24. The number of nitrogens with zero attached hydrogens (tertiary/aromatic N) is 2. The summed E-state index contributed by atoms with van der Waals surface area (Å²) in [6.07, 6.45) is -0.0329. The summed E-state index contributed by atoms with van der Waals surface area (Å²) in [6, 6.07) is 5.02. The van der Waals surface area contributed by atoms with Crippen LogP contribution in [0.15, 0.2) is 24.3 Å². The lowest BCUT2D eigenvalue weighted by atomic mass is 10.0. The first kappa shape index (κ1) is 19.7. The van der Waals surface area contributed by atoms with Crippen LogP contribution in [-0.2, 0) is 9.59 Å². The summed E-state index contributed by atoms with van der Waals surface area (Å²) >= 11 is 1.45. The molecule has 0 aliphatic rings. The highest BCUT2D eigenvalue weighted by molar-refractivity contribution is 7.19. The van der Waals surface area contributed by atoms with Gasteiger partial charge in [-0.15, -0.1) is 11.3 Å². The molecule has 1 unspecified atom stereocenters. The van der Waals surface area contributed by atoms with Crippen LogP contribution in [0.25, 0.3) is 21.3 Å². The highest BCUT2D eigenvalue weighted by Crippen LogP contribution is 2.41. The van der Waals surface area contributed by atoms with Crippen molar-refractivity contribution in [3.05, 3.63) is 40.8 Å². The smallest absolute Gasteiger partial charge is 0.326 e. The van der Waals surface area contributed by atoms with E-state index in [2.05, 4.69) is 15.3 Å². The fourth-order valence-electron chi connectivity index (χ4n) is 3.00. The number of fused-ring (bicyclic) bond motifs is 1. The van der Waals surface area contributed by atoms with Gasteiger partial charge in [0.15, 0.2) is 0 Å². The zero-order valence-corrected chi connectivity index (χ0v) is 16.1. The lowest BCUT2D eigenvalue weighted by Crippen LogP contribution is -2.31. The summed E-state index contributed by atoms with van der Waals surface area (Å²) in [4.78, 5) is 33.2. The number of thiophene rings is 1. The average molecular weight is 402 g/mol. The molecule has 0 fully saturated rings. The Morgan fingerprint density at radius 3 is 2.54 bits per heavy atom. The third-order valence-electron chi connectivity index (χ3n) is 4.26. The molecule has 4 N–H and O–H groups in total. The first-order valence-electron chi connectivity index (χ1n) is 8.57. The van der Waals surface area contributed by atoms with E-state index in [1.807, 2.05) is 6.92 Å². The maximum Gasteiger partial charge on any atom is 0.326 e. The predicted molar refractivity (Wildman–Crippen MR) is 106 cm³/mol. The molecule has 9 heteroatoms. The van der Waals surface area contributed by atoms with Gasteiger partial charge < -0.3 is 16.2 Å². The van der Waals surface area contributed by atoms with Crippen LogP contribution < -0.4 is 11.1 Å². The third-order valence-corrected chi connectivity index (χ3v) is 5.26. The molecule has 146 valence electrons. The van der Waals surface area contributed by atoms with Crippen molar-refractivity contribution in [2.24, 2.45) is 5.73 Å². The summed E-state index contributed by atoms with van der Waals surface area (Å²) in [5, 5.41) is 13.1. The quantitative estimate of drug-likeness (QED) is 0.558. The minimum absolute atomic E-state index is 0.0320. The Kier molecular flexibility index (Phi) is 5.55. The second-order valence-corrected chi connectivity index (χ2v) is 7.58. The molecule has 1 atom stereocenters. The Hall–Kier alpha value is -3.07. The van der Waals surface area contributed by atoms with Crippen molar-refractivity contribution < 1.29 is 19.1 Å². The van der Waals surface area contributed by atoms with Crippen LogP contribution in [0.5, 0.6) is 0 Å². The van der Waals surface area contributed by atoms with Gasteiger partial charge in [0.05, 0.1) is 5.39 Å². The molecule has 0 saturated heterocycles. The molecule has 0 spiro atoms. The number of nitrogens with one attached hydrogen (secondary N) is 1.